The standard InChI is InChI=1S/C24H40O8/c1-7-29-19(25)23(5,20(26)30-8-2)15-17-11-13-18(14-12-17)16-24(6,21(27)31-9-3)22(28)32-10-4/h17-18H,7-16H2,1-6H3. The van der Waals surface area contributed by atoms with E-state index in [2.05, 4.69) is 0 Å². The Balaban J connectivity index is 2.85. The van der Waals surface area contributed by atoms with Gasteiger partial charge in [-0.15, -0.1) is 0 Å². The van der Waals surface area contributed by atoms with Crippen molar-refractivity contribution in [2.45, 2.75) is 80.1 Å². The molecule has 0 aromatic rings. The van der Waals surface area contributed by atoms with Gasteiger partial charge in [0.2, 0.25) is 0 Å². The van der Waals surface area contributed by atoms with E-state index in [1.807, 2.05) is 0 Å². The second kappa shape index (κ2) is 12.8. The molecule has 0 heterocycles. The highest BCUT2D eigenvalue weighted by atomic mass is 16.6. The molecule has 0 unspecified atom stereocenters. The van der Waals surface area contributed by atoms with Gasteiger partial charge in [-0.3, -0.25) is 19.2 Å². The summed E-state index contributed by atoms with van der Waals surface area (Å²) in [7, 11) is 0. The van der Waals surface area contributed by atoms with Gasteiger partial charge in [0.25, 0.3) is 0 Å². The third-order valence-electron chi connectivity index (χ3n) is 6.26. The molecule has 1 aliphatic rings. The van der Waals surface area contributed by atoms with Crippen LogP contribution >= 0.6 is 0 Å². The normalized spacial score (nSPS) is 19.1. The maximum atomic E-state index is 12.6. The molecule has 184 valence electrons. The maximum absolute atomic E-state index is 12.6. The summed E-state index contributed by atoms with van der Waals surface area (Å²) in [6.45, 7) is 10.8. The Bertz CT molecular complexity index is 556. The SMILES string of the molecule is CCOC(=O)C(C)(CC1CCC(CC(C)(C(=O)OCC)C(=O)OCC)CC1)C(=O)OCC. The van der Waals surface area contributed by atoms with Crippen LogP contribution < -0.4 is 0 Å². The molecule has 1 fully saturated rings. The first-order chi connectivity index (χ1) is 15.1. The lowest BCUT2D eigenvalue weighted by atomic mass is 9.69. The smallest absolute Gasteiger partial charge is 0.323 e. The Morgan fingerprint density at radius 1 is 0.562 bits per heavy atom. The van der Waals surface area contributed by atoms with Gasteiger partial charge in [0.15, 0.2) is 10.8 Å². The second-order valence-corrected chi connectivity index (χ2v) is 8.84. The van der Waals surface area contributed by atoms with Crippen molar-refractivity contribution in [3.8, 4) is 0 Å². The van der Waals surface area contributed by atoms with Crippen molar-refractivity contribution in [3.05, 3.63) is 0 Å². The molecule has 0 saturated heterocycles. The number of carbonyl (C=O) groups is 4. The molecule has 8 heteroatoms. The van der Waals surface area contributed by atoms with Gasteiger partial charge in [0.05, 0.1) is 26.4 Å². The lowest BCUT2D eigenvalue weighted by molar-refractivity contribution is -0.174. The maximum Gasteiger partial charge on any atom is 0.323 e. The number of ether oxygens (including phenoxy) is 4. The van der Waals surface area contributed by atoms with Gasteiger partial charge in [0, 0.05) is 0 Å². The highest BCUT2D eigenvalue weighted by molar-refractivity contribution is 6.00. The third kappa shape index (κ3) is 6.94. The number of esters is 4. The van der Waals surface area contributed by atoms with Crippen LogP contribution in [0.1, 0.15) is 80.1 Å². The quantitative estimate of drug-likeness (QED) is 0.248. The molecule has 0 aromatic heterocycles. The zero-order valence-corrected chi connectivity index (χ0v) is 20.5. The van der Waals surface area contributed by atoms with Crippen molar-refractivity contribution in [1.29, 1.82) is 0 Å². The summed E-state index contributed by atoms with van der Waals surface area (Å²) >= 11 is 0. The highest BCUT2D eigenvalue weighted by Crippen LogP contribution is 2.42. The van der Waals surface area contributed by atoms with Crippen LogP contribution in [0.4, 0.5) is 0 Å². The van der Waals surface area contributed by atoms with Crippen LogP contribution in [0.2, 0.25) is 0 Å². The topological polar surface area (TPSA) is 105 Å². The number of hydrogen-bond acceptors (Lipinski definition) is 8. The van der Waals surface area contributed by atoms with Crippen molar-refractivity contribution >= 4 is 23.9 Å². The zero-order chi connectivity index (χ0) is 24.4. The zero-order valence-electron chi connectivity index (χ0n) is 20.5. The Morgan fingerprint density at radius 2 is 0.781 bits per heavy atom. The van der Waals surface area contributed by atoms with E-state index in [1.165, 1.54) is 0 Å². The molecule has 0 amide bonds. The molecular formula is C24H40O8. The summed E-state index contributed by atoms with van der Waals surface area (Å²) in [4.78, 5) is 50.2. The minimum Gasteiger partial charge on any atom is -0.465 e. The number of rotatable bonds is 12. The van der Waals surface area contributed by atoms with E-state index < -0.39 is 34.7 Å². The van der Waals surface area contributed by atoms with Gasteiger partial charge in [-0.1, -0.05) is 25.7 Å². The van der Waals surface area contributed by atoms with Crippen molar-refractivity contribution in [2.75, 3.05) is 26.4 Å². The Labute approximate surface area is 191 Å². The lowest BCUT2D eigenvalue weighted by Gasteiger charge is -2.36. The van der Waals surface area contributed by atoms with Crippen LogP contribution in [-0.4, -0.2) is 50.3 Å². The van der Waals surface area contributed by atoms with Crippen LogP contribution in [0, 0.1) is 22.7 Å². The van der Waals surface area contributed by atoms with Crippen LogP contribution in [0.25, 0.3) is 0 Å². The summed E-state index contributed by atoms with van der Waals surface area (Å²) < 4.78 is 20.6. The van der Waals surface area contributed by atoms with E-state index in [0.29, 0.717) is 12.8 Å². The van der Waals surface area contributed by atoms with Gasteiger partial charge in [-0.05, 0) is 66.2 Å². The first-order valence-electron chi connectivity index (χ1n) is 11.8. The molecule has 8 nitrogen and oxygen atoms in total. The average molecular weight is 457 g/mol. The molecule has 0 radical (unpaired) electrons. The van der Waals surface area contributed by atoms with Crippen LogP contribution in [0.3, 0.4) is 0 Å². The van der Waals surface area contributed by atoms with Gasteiger partial charge >= 0.3 is 23.9 Å². The third-order valence-corrected chi connectivity index (χ3v) is 6.26. The molecule has 1 rings (SSSR count). The van der Waals surface area contributed by atoms with E-state index >= 15 is 0 Å². The van der Waals surface area contributed by atoms with Crippen LogP contribution in [0.5, 0.6) is 0 Å². The van der Waals surface area contributed by atoms with E-state index in [1.54, 1.807) is 41.5 Å². The second-order valence-electron chi connectivity index (χ2n) is 8.84. The van der Waals surface area contributed by atoms with Gasteiger partial charge < -0.3 is 18.9 Å². The Hall–Kier alpha value is -2.12. The van der Waals surface area contributed by atoms with Crippen LogP contribution in [-0.2, 0) is 38.1 Å². The molecule has 0 aromatic carbocycles. The molecular weight excluding hydrogens is 416 g/mol. The van der Waals surface area contributed by atoms with E-state index in [-0.39, 0.29) is 38.3 Å². The minimum absolute atomic E-state index is 0.140. The largest absolute Gasteiger partial charge is 0.465 e. The Morgan fingerprint density at radius 3 is 0.969 bits per heavy atom. The number of carbonyl (C=O) groups excluding carboxylic acids is 4. The van der Waals surface area contributed by atoms with Crippen molar-refractivity contribution < 1.29 is 38.1 Å². The van der Waals surface area contributed by atoms with Crippen molar-refractivity contribution in [3.63, 3.8) is 0 Å². The molecule has 32 heavy (non-hydrogen) atoms. The van der Waals surface area contributed by atoms with Crippen LogP contribution in [0.15, 0.2) is 0 Å². The molecule has 0 aliphatic heterocycles. The fourth-order valence-electron chi connectivity index (χ4n) is 4.46. The molecule has 0 atom stereocenters. The monoisotopic (exact) mass is 456 g/mol. The summed E-state index contributed by atoms with van der Waals surface area (Å²) in [6, 6.07) is 0. The number of hydrogen-bond donors (Lipinski definition) is 0. The van der Waals surface area contributed by atoms with E-state index in [9.17, 15) is 19.2 Å². The van der Waals surface area contributed by atoms with Gasteiger partial charge in [0.1, 0.15) is 0 Å². The molecule has 0 N–H and O–H groups in total. The average Bonchev–Trinajstić information content (AvgIpc) is 2.75. The molecule has 0 spiro atoms. The van der Waals surface area contributed by atoms with Crippen molar-refractivity contribution in [1.82, 2.24) is 0 Å². The van der Waals surface area contributed by atoms with Crippen molar-refractivity contribution in [2.24, 2.45) is 22.7 Å². The Kier molecular flexibility index (Phi) is 11.2. The summed E-state index contributed by atoms with van der Waals surface area (Å²) in [5, 5.41) is 0. The summed E-state index contributed by atoms with van der Waals surface area (Å²) in [6.07, 6.45) is 3.82. The summed E-state index contributed by atoms with van der Waals surface area (Å²) in [5.74, 6) is -1.95. The summed E-state index contributed by atoms with van der Waals surface area (Å²) in [5.41, 5.74) is -2.68. The molecule has 1 saturated carbocycles. The molecule has 1 aliphatic carbocycles. The minimum atomic E-state index is -1.34. The highest BCUT2D eigenvalue weighted by Gasteiger charge is 2.48. The lowest BCUT2D eigenvalue weighted by Crippen LogP contribution is -2.43. The van der Waals surface area contributed by atoms with Gasteiger partial charge in [-0.25, -0.2) is 0 Å². The predicted octanol–water partition coefficient (Wildman–Crippen LogP) is 3.84. The van der Waals surface area contributed by atoms with E-state index in [0.717, 1.165) is 25.7 Å². The fraction of sp³-hybridized carbons (Fsp3) is 0.833. The first-order valence-corrected chi connectivity index (χ1v) is 11.8. The predicted molar refractivity (Wildman–Crippen MR) is 117 cm³/mol. The fourth-order valence-corrected chi connectivity index (χ4v) is 4.46. The first kappa shape index (κ1) is 27.9. The molecule has 0 bridgehead atoms. The van der Waals surface area contributed by atoms with Gasteiger partial charge in [-0.2, -0.15) is 0 Å². The van der Waals surface area contributed by atoms with E-state index in [4.69, 9.17) is 18.9 Å².